The lowest BCUT2D eigenvalue weighted by atomic mass is 10.1. The number of nitrogens with one attached hydrogen (secondary N) is 1. The molecule has 1 aliphatic heterocycles. The Morgan fingerprint density at radius 1 is 1.19 bits per heavy atom. The minimum Gasteiger partial charge on any atom is -0.508 e. The van der Waals surface area contributed by atoms with E-state index in [9.17, 15) is 14.7 Å². The first-order valence-electron chi connectivity index (χ1n) is 8.00. The Labute approximate surface area is 155 Å². The van der Waals surface area contributed by atoms with Crippen LogP contribution in [-0.2, 0) is 19.2 Å². The molecule has 0 atom stereocenters. The SMILES string of the molecule is CC(=N)/C(C(C)=O)=C(/O)COC(=O)CO/N=C(/C)c1ccc2c(c1)OCO2. The molecular formula is C18H20N2O7. The van der Waals surface area contributed by atoms with Gasteiger partial charge in [0.1, 0.15) is 12.4 Å². The Kier molecular flexibility index (Phi) is 6.53. The number of hydrogen-bond donors (Lipinski definition) is 2. The Balaban J connectivity index is 1.86. The first kappa shape index (κ1) is 20.0. The standard InChI is InChI=1S/C18H20N2O7/c1-10(19)18(12(3)21)14(22)7-24-17(23)8-27-20-11(2)13-4-5-15-16(6-13)26-9-25-15/h4-6,19,22H,7-9H2,1-3H3/b18-14-,19-10?,20-11-. The maximum absolute atomic E-state index is 11.7. The number of ether oxygens (including phenoxy) is 3. The number of carbonyl (C=O) groups is 2. The lowest BCUT2D eigenvalue weighted by Gasteiger charge is -2.08. The van der Waals surface area contributed by atoms with Crippen molar-refractivity contribution < 1.29 is 33.7 Å². The van der Waals surface area contributed by atoms with Gasteiger partial charge in [-0.15, -0.1) is 0 Å². The maximum atomic E-state index is 11.7. The van der Waals surface area contributed by atoms with Gasteiger partial charge >= 0.3 is 5.97 Å². The summed E-state index contributed by atoms with van der Waals surface area (Å²) in [6, 6.07) is 5.27. The number of carbonyl (C=O) groups excluding carboxylic acids is 2. The molecule has 0 amide bonds. The van der Waals surface area contributed by atoms with E-state index in [1.165, 1.54) is 13.8 Å². The fraction of sp³-hybridized carbons (Fsp3) is 0.333. The smallest absolute Gasteiger partial charge is 0.347 e. The minimum atomic E-state index is -0.783. The van der Waals surface area contributed by atoms with E-state index in [1.54, 1.807) is 25.1 Å². The van der Waals surface area contributed by atoms with Crippen LogP contribution in [0.25, 0.3) is 0 Å². The second-order valence-corrected chi connectivity index (χ2v) is 5.68. The fourth-order valence-electron chi connectivity index (χ4n) is 2.30. The molecule has 1 aromatic rings. The first-order valence-corrected chi connectivity index (χ1v) is 8.00. The van der Waals surface area contributed by atoms with Gasteiger partial charge in [0.2, 0.25) is 13.4 Å². The van der Waals surface area contributed by atoms with Crippen molar-refractivity contribution in [2.75, 3.05) is 20.0 Å². The molecule has 0 radical (unpaired) electrons. The van der Waals surface area contributed by atoms with Crippen molar-refractivity contribution in [2.24, 2.45) is 5.16 Å². The van der Waals surface area contributed by atoms with Gasteiger partial charge in [0, 0.05) is 11.3 Å². The molecule has 2 N–H and O–H groups in total. The molecule has 0 unspecified atom stereocenters. The molecule has 0 aromatic heterocycles. The number of esters is 1. The highest BCUT2D eigenvalue weighted by atomic mass is 16.7. The number of nitrogens with zero attached hydrogens (tertiary/aromatic N) is 1. The van der Waals surface area contributed by atoms with Gasteiger partial charge in [0.05, 0.1) is 11.3 Å². The second kappa shape index (κ2) is 8.84. The monoisotopic (exact) mass is 376 g/mol. The Hall–Kier alpha value is -3.36. The lowest BCUT2D eigenvalue weighted by Crippen LogP contribution is -2.17. The van der Waals surface area contributed by atoms with Crippen LogP contribution in [0.3, 0.4) is 0 Å². The molecular weight excluding hydrogens is 356 g/mol. The lowest BCUT2D eigenvalue weighted by molar-refractivity contribution is -0.148. The van der Waals surface area contributed by atoms with Crippen LogP contribution in [0.1, 0.15) is 26.3 Å². The van der Waals surface area contributed by atoms with E-state index in [-0.39, 0.29) is 18.1 Å². The van der Waals surface area contributed by atoms with E-state index in [4.69, 9.17) is 24.5 Å². The summed E-state index contributed by atoms with van der Waals surface area (Å²) in [7, 11) is 0. The molecule has 0 saturated heterocycles. The molecule has 144 valence electrons. The van der Waals surface area contributed by atoms with E-state index >= 15 is 0 Å². The van der Waals surface area contributed by atoms with Gasteiger partial charge in [-0.3, -0.25) is 4.79 Å². The Bertz CT molecular complexity index is 811. The summed E-state index contributed by atoms with van der Waals surface area (Å²) in [5.74, 6) is -0.505. The third-order valence-electron chi connectivity index (χ3n) is 3.56. The topological polar surface area (TPSA) is 128 Å². The summed E-state index contributed by atoms with van der Waals surface area (Å²) in [6.45, 7) is 3.42. The zero-order chi connectivity index (χ0) is 20.0. The molecule has 1 aromatic carbocycles. The average Bonchev–Trinajstić information content (AvgIpc) is 3.06. The molecule has 9 nitrogen and oxygen atoms in total. The van der Waals surface area contributed by atoms with E-state index in [0.717, 1.165) is 5.56 Å². The van der Waals surface area contributed by atoms with Gasteiger partial charge in [0.25, 0.3) is 0 Å². The largest absolute Gasteiger partial charge is 0.508 e. The number of aliphatic hydroxyl groups excluding tert-OH is 1. The summed E-state index contributed by atoms with van der Waals surface area (Å²) in [6.07, 6.45) is 0. The van der Waals surface area contributed by atoms with Crippen LogP contribution in [0.2, 0.25) is 0 Å². The quantitative estimate of drug-likeness (QED) is 0.234. The third kappa shape index (κ3) is 5.30. The normalized spacial score (nSPS) is 13.7. The highest BCUT2D eigenvalue weighted by molar-refractivity contribution is 6.19. The van der Waals surface area contributed by atoms with Crippen LogP contribution in [0.4, 0.5) is 0 Å². The minimum absolute atomic E-state index is 0.115. The zero-order valence-corrected chi connectivity index (χ0v) is 15.2. The number of ketones is 1. The highest BCUT2D eigenvalue weighted by Crippen LogP contribution is 2.32. The van der Waals surface area contributed by atoms with E-state index in [2.05, 4.69) is 5.16 Å². The summed E-state index contributed by atoms with van der Waals surface area (Å²) in [5, 5.41) is 21.1. The Morgan fingerprint density at radius 2 is 1.89 bits per heavy atom. The van der Waals surface area contributed by atoms with Crippen molar-refractivity contribution in [3.63, 3.8) is 0 Å². The Morgan fingerprint density at radius 3 is 2.56 bits per heavy atom. The molecule has 0 fully saturated rings. The number of allylic oxidation sites excluding steroid dienone is 1. The average molecular weight is 376 g/mol. The van der Waals surface area contributed by atoms with Crippen LogP contribution in [0.15, 0.2) is 34.7 Å². The van der Waals surface area contributed by atoms with Gasteiger partial charge in [-0.05, 0) is 39.0 Å². The predicted molar refractivity (Wildman–Crippen MR) is 95.4 cm³/mol. The molecule has 0 aliphatic carbocycles. The van der Waals surface area contributed by atoms with Crippen molar-refractivity contribution >= 4 is 23.2 Å². The van der Waals surface area contributed by atoms with Crippen molar-refractivity contribution in [1.82, 2.24) is 0 Å². The molecule has 2 rings (SSSR count). The number of Topliss-reactive ketones (excluding diaryl/α,β-unsaturated/α-hetero) is 1. The van der Waals surface area contributed by atoms with Crippen LogP contribution >= 0.6 is 0 Å². The van der Waals surface area contributed by atoms with Crippen LogP contribution < -0.4 is 9.47 Å². The molecule has 0 saturated carbocycles. The van der Waals surface area contributed by atoms with E-state index in [0.29, 0.717) is 17.2 Å². The summed E-state index contributed by atoms with van der Waals surface area (Å²) >= 11 is 0. The van der Waals surface area contributed by atoms with Crippen molar-refractivity contribution in [2.45, 2.75) is 20.8 Å². The van der Waals surface area contributed by atoms with Crippen LogP contribution in [0.5, 0.6) is 11.5 Å². The fourth-order valence-corrected chi connectivity index (χ4v) is 2.30. The molecule has 27 heavy (non-hydrogen) atoms. The van der Waals surface area contributed by atoms with Gasteiger partial charge in [-0.2, -0.15) is 0 Å². The van der Waals surface area contributed by atoms with Crippen molar-refractivity contribution in [3.8, 4) is 11.5 Å². The van der Waals surface area contributed by atoms with Crippen molar-refractivity contribution in [1.29, 1.82) is 5.41 Å². The molecule has 1 heterocycles. The number of fused-ring (bicyclic) bond motifs is 1. The summed E-state index contributed by atoms with van der Waals surface area (Å²) in [4.78, 5) is 28.0. The number of aliphatic hydroxyl groups is 1. The van der Waals surface area contributed by atoms with Crippen LogP contribution in [0, 0.1) is 5.41 Å². The maximum Gasteiger partial charge on any atom is 0.347 e. The number of oxime groups is 1. The van der Waals surface area contributed by atoms with Crippen molar-refractivity contribution in [3.05, 3.63) is 35.1 Å². The molecule has 1 aliphatic rings. The molecule has 0 bridgehead atoms. The third-order valence-corrected chi connectivity index (χ3v) is 3.56. The summed E-state index contributed by atoms with van der Waals surface area (Å²) < 4.78 is 15.3. The number of rotatable bonds is 8. The molecule has 9 heteroatoms. The number of benzene rings is 1. The number of hydrogen-bond acceptors (Lipinski definition) is 9. The highest BCUT2D eigenvalue weighted by Gasteiger charge is 2.16. The zero-order valence-electron chi connectivity index (χ0n) is 15.2. The van der Waals surface area contributed by atoms with Crippen LogP contribution in [-0.4, -0.2) is 48.3 Å². The van der Waals surface area contributed by atoms with E-state index < -0.39 is 30.7 Å². The van der Waals surface area contributed by atoms with Gasteiger partial charge in [0.15, 0.2) is 17.3 Å². The van der Waals surface area contributed by atoms with E-state index in [1.807, 2.05) is 0 Å². The molecule has 0 spiro atoms. The van der Waals surface area contributed by atoms with Gasteiger partial charge in [-0.25, -0.2) is 4.79 Å². The van der Waals surface area contributed by atoms with Gasteiger partial charge in [-0.1, -0.05) is 5.16 Å². The second-order valence-electron chi connectivity index (χ2n) is 5.68. The first-order chi connectivity index (χ1) is 12.8. The van der Waals surface area contributed by atoms with Gasteiger partial charge < -0.3 is 29.6 Å². The summed E-state index contributed by atoms with van der Waals surface area (Å²) in [5.41, 5.74) is 0.958. The predicted octanol–water partition coefficient (Wildman–Crippen LogP) is 2.14.